The van der Waals surface area contributed by atoms with E-state index in [1.54, 1.807) is 6.07 Å². The van der Waals surface area contributed by atoms with Gasteiger partial charge >= 0.3 is 0 Å². The highest BCUT2D eigenvalue weighted by atomic mass is 79.9. The monoisotopic (exact) mass is 342 g/mol. The molecule has 5 heteroatoms. The minimum absolute atomic E-state index is 0.0348. The molecular weight excluding hydrogens is 323 g/mol. The molecule has 2 rings (SSSR count). The third-order valence-electron chi connectivity index (χ3n) is 3.55. The summed E-state index contributed by atoms with van der Waals surface area (Å²) in [5, 5.41) is 3.41. The van der Waals surface area contributed by atoms with Gasteiger partial charge in [-0.15, -0.1) is 0 Å². The third kappa shape index (κ3) is 3.79. The van der Waals surface area contributed by atoms with E-state index in [-0.39, 0.29) is 11.7 Å². The smallest absolute Gasteiger partial charge is 0.255 e. The van der Waals surface area contributed by atoms with Gasteiger partial charge in [-0.3, -0.25) is 4.79 Å². The van der Waals surface area contributed by atoms with Gasteiger partial charge in [0.25, 0.3) is 5.91 Å². The number of rotatable bonds is 5. The summed E-state index contributed by atoms with van der Waals surface area (Å²) in [6, 6.07) is 4.60. The van der Waals surface area contributed by atoms with Crippen LogP contribution in [0.3, 0.4) is 0 Å². The van der Waals surface area contributed by atoms with Crippen LogP contribution in [0, 0.1) is 5.82 Å². The summed E-state index contributed by atoms with van der Waals surface area (Å²) >= 11 is 3.28. The van der Waals surface area contributed by atoms with Gasteiger partial charge in [-0.25, -0.2) is 4.39 Å². The maximum absolute atomic E-state index is 13.1. The van der Waals surface area contributed by atoms with Crippen LogP contribution >= 0.6 is 15.9 Å². The van der Waals surface area contributed by atoms with Crippen molar-refractivity contribution >= 4 is 21.8 Å². The molecule has 0 spiro atoms. The zero-order chi connectivity index (χ0) is 14.5. The molecule has 0 bridgehead atoms. The van der Waals surface area contributed by atoms with Crippen LogP contribution in [0.25, 0.3) is 0 Å². The molecule has 0 saturated carbocycles. The highest BCUT2D eigenvalue weighted by Gasteiger charge is 2.23. The lowest BCUT2D eigenvalue weighted by atomic mass is 10.1. The lowest BCUT2D eigenvalue weighted by Gasteiger charge is -2.26. The summed E-state index contributed by atoms with van der Waals surface area (Å²) in [6.45, 7) is 4.53. The van der Waals surface area contributed by atoms with Crippen molar-refractivity contribution in [3.05, 3.63) is 34.1 Å². The number of hydrogen-bond acceptors (Lipinski definition) is 2. The van der Waals surface area contributed by atoms with E-state index in [0.717, 1.165) is 32.5 Å². The van der Waals surface area contributed by atoms with Crippen LogP contribution in [0.1, 0.15) is 36.5 Å². The van der Waals surface area contributed by atoms with Crippen molar-refractivity contribution in [1.82, 2.24) is 10.2 Å². The maximum atomic E-state index is 13.1. The van der Waals surface area contributed by atoms with Crippen LogP contribution in [0.5, 0.6) is 0 Å². The molecule has 1 aromatic rings. The van der Waals surface area contributed by atoms with Crippen LogP contribution in [-0.2, 0) is 0 Å². The summed E-state index contributed by atoms with van der Waals surface area (Å²) < 4.78 is 13.6. The molecule has 1 N–H and O–H groups in total. The first kappa shape index (κ1) is 15.4. The summed E-state index contributed by atoms with van der Waals surface area (Å²) in [7, 11) is 0. The second-order valence-electron chi connectivity index (χ2n) is 5.17. The number of nitrogens with one attached hydrogen (secondary N) is 1. The number of hydrogen-bond donors (Lipinski definition) is 1. The first-order valence-corrected chi connectivity index (χ1v) is 7.89. The van der Waals surface area contributed by atoms with Crippen LogP contribution in [0.4, 0.5) is 4.39 Å². The van der Waals surface area contributed by atoms with Gasteiger partial charge in [0.2, 0.25) is 0 Å². The first-order valence-electron chi connectivity index (χ1n) is 7.09. The van der Waals surface area contributed by atoms with Crippen molar-refractivity contribution in [3.63, 3.8) is 0 Å². The van der Waals surface area contributed by atoms with Crippen molar-refractivity contribution in [1.29, 1.82) is 0 Å². The molecule has 3 nitrogen and oxygen atoms in total. The molecule has 1 saturated heterocycles. The molecule has 0 aliphatic carbocycles. The molecule has 0 radical (unpaired) electrons. The molecule has 1 aliphatic heterocycles. The van der Waals surface area contributed by atoms with E-state index in [2.05, 4.69) is 28.2 Å². The highest BCUT2D eigenvalue weighted by Crippen LogP contribution is 2.20. The second kappa shape index (κ2) is 7.18. The molecule has 20 heavy (non-hydrogen) atoms. The van der Waals surface area contributed by atoms with Gasteiger partial charge in [0.15, 0.2) is 0 Å². The van der Waals surface area contributed by atoms with Gasteiger partial charge in [0.1, 0.15) is 5.82 Å². The van der Waals surface area contributed by atoms with E-state index >= 15 is 0 Å². The van der Waals surface area contributed by atoms with Gasteiger partial charge < -0.3 is 10.2 Å². The Balaban J connectivity index is 2.12. The van der Waals surface area contributed by atoms with E-state index < -0.39 is 0 Å². The molecule has 1 atom stereocenters. The standard InChI is InChI=1S/C15H20BrFN2O/c1-2-8-19(10-12-4-3-7-18-12)15(20)13-6-5-11(17)9-14(13)16/h5-6,9,12,18H,2-4,7-8,10H2,1H3. The Bertz CT molecular complexity index is 475. The Kier molecular flexibility index (Phi) is 5.54. The molecule has 1 aliphatic rings. The Morgan fingerprint density at radius 2 is 2.35 bits per heavy atom. The number of carbonyl (C=O) groups is 1. The van der Waals surface area contributed by atoms with Crippen molar-refractivity contribution in [2.45, 2.75) is 32.2 Å². The van der Waals surface area contributed by atoms with Crippen LogP contribution in [0.15, 0.2) is 22.7 Å². The predicted octanol–water partition coefficient (Wildman–Crippen LogP) is 3.19. The Morgan fingerprint density at radius 3 is 2.95 bits per heavy atom. The van der Waals surface area contributed by atoms with E-state index in [9.17, 15) is 9.18 Å². The summed E-state index contributed by atoms with van der Waals surface area (Å²) in [5.74, 6) is -0.375. The quantitative estimate of drug-likeness (QED) is 0.891. The van der Waals surface area contributed by atoms with E-state index in [0.29, 0.717) is 16.1 Å². The van der Waals surface area contributed by atoms with E-state index in [1.165, 1.54) is 18.6 Å². The van der Waals surface area contributed by atoms with Crippen LogP contribution in [0.2, 0.25) is 0 Å². The van der Waals surface area contributed by atoms with Crippen molar-refractivity contribution in [3.8, 4) is 0 Å². The number of nitrogens with zero attached hydrogens (tertiary/aromatic N) is 1. The van der Waals surface area contributed by atoms with Gasteiger partial charge in [-0.2, -0.15) is 0 Å². The number of halogens is 2. The Hall–Kier alpha value is -0.940. The fraction of sp³-hybridized carbons (Fsp3) is 0.533. The summed E-state index contributed by atoms with van der Waals surface area (Å²) in [5.41, 5.74) is 0.526. The number of amides is 1. The predicted molar refractivity (Wildman–Crippen MR) is 81.3 cm³/mol. The second-order valence-corrected chi connectivity index (χ2v) is 6.02. The minimum Gasteiger partial charge on any atom is -0.337 e. The number of benzene rings is 1. The molecule has 110 valence electrons. The number of carbonyl (C=O) groups excluding carboxylic acids is 1. The van der Waals surface area contributed by atoms with E-state index in [4.69, 9.17) is 0 Å². The largest absolute Gasteiger partial charge is 0.337 e. The zero-order valence-corrected chi connectivity index (χ0v) is 13.2. The molecule has 1 aromatic carbocycles. The third-order valence-corrected chi connectivity index (χ3v) is 4.20. The summed E-state index contributed by atoms with van der Waals surface area (Å²) in [4.78, 5) is 14.5. The maximum Gasteiger partial charge on any atom is 0.255 e. The zero-order valence-electron chi connectivity index (χ0n) is 11.7. The molecule has 1 unspecified atom stereocenters. The minimum atomic E-state index is -0.340. The lowest BCUT2D eigenvalue weighted by Crippen LogP contribution is -2.41. The lowest BCUT2D eigenvalue weighted by molar-refractivity contribution is 0.0741. The van der Waals surface area contributed by atoms with E-state index in [1.807, 2.05) is 4.90 Å². The van der Waals surface area contributed by atoms with Crippen LogP contribution < -0.4 is 5.32 Å². The first-order chi connectivity index (χ1) is 9.61. The molecular formula is C15H20BrFN2O. The summed E-state index contributed by atoms with van der Waals surface area (Å²) in [6.07, 6.45) is 3.19. The van der Waals surface area contributed by atoms with Crippen molar-refractivity contribution in [2.75, 3.05) is 19.6 Å². The molecule has 0 aromatic heterocycles. The molecule has 1 amide bonds. The Morgan fingerprint density at radius 1 is 1.55 bits per heavy atom. The van der Waals surface area contributed by atoms with Crippen molar-refractivity contribution < 1.29 is 9.18 Å². The van der Waals surface area contributed by atoms with Gasteiger partial charge in [0, 0.05) is 23.6 Å². The fourth-order valence-corrected chi connectivity index (χ4v) is 3.08. The SMILES string of the molecule is CCCN(CC1CCCN1)C(=O)c1ccc(F)cc1Br. The normalized spacial score (nSPS) is 18.2. The Labute approximate surface area is 127 Å². The fourth-order valence-electron chi connectivity index (χ4n) is 2.56. The van der Waals surface area contributed by atoms with Gasteiger partial charge in [-0.1, -0.05) is 6.92 Å². The van der Waals surface area contributed by atoms with Gasteiger partial charge in [-0.05, 0) is 59.9 Å². The molecule has 1 fully saturated rings. The van der Waals surface area contributed by atoms with Crippen molar-refractivity contribution in [2.24, 2.45) is 0 Å². The van der Waals surface area contributed by atoms with Crippen LogP contribution in [-0.4, -0.2) is 36.5 Å². The topological polar surface area (TPSA) is 32.3 Å². The van der Waals surface area contributed by atoms with Gasteiger partial charge in [0.05, 0.1) is 5.56 Å². The molecule has 1 heterocycles. The average molecular weight is 343 g/mol. The average Bonchev–Trinajstić information content (AvgIpc) is 2.90. The highest BCUT2D eigenvalue weighted by molar-refractivity contribution is 9.10.